The van der Waals surface area contributed by atoms with Crippen LogP contribution in [0.15, 0.2) is 461 Å². The van der Waals surface area contributed by atoms with Crippen LogP contribution in [-0.2, 0) is 16.2 Å². The fourth-order valence-electron chi connectivity index (χ4n) is 22.8. The lowest BCUT2D eigenvalue weighted by Gasteiger charge is -2.21. The second-order valence-corrected chi connectivity index (χ2v) is 39.0. The highest BCUT2D eigenvalue weighted by Crippen LogP contribution is 2.58. The van der Waals surface area contributed by atoms with Crippen molar-refractivity contribution < 1.29 is 0 Å². The van der Waals surface area contributed by atoms with Crippen LogP contribution < -0.4 is 0 Å². The average molecular weight is 1820 g/mol. The minimum absolute atomic E-state index is 0.0676. The van der Waals surface area contributed by atoms with E-state index in [0.29, 0.717) is 29.4 Å². The number of fused-ring (bicyclic) bond motifs is 22. The molecule has 672 valence electrons. The SMILES string of the molecule is CC1(C)c2ccccc2-c2c1ccc1c2c2ccccc2n1-c1cccc(-c2nc(-c3ccccc3)nc(-c3ccc(-c4ccccc4)cc3)n2)c1.CC1(C)c2ccccc2-c2c1ccc1c2c2ccccc2n1-c1nc(-c2ccc(-c3ccccc3)cc2)c2ccccc2n1.CC1(C)c2ccccc2-c2c1ccc1c2c2ccccc2n1-c1nc(-c2ccccc2)cc(-c2cccc(-c3ccccc3)c2)n1. The summed E-state index contributed by atoms with van der Waals surface area (Å²) in [5, 5.41) is 8.54. The zero-order valence-corrected chi connectivity index (χ0v) is 79.4. The molecule has 19 aromatic carbocycles. The maximum absolute atomic E-state index is 5.33. The number of para-hydroxylation sites is 4. The van der Waals surface area contributed by atoms with Crippen molar-refractivity contribution in [1.82, 2.24) is 48.6 Å². The maximum Gasteiger partial charge on any atom is 0.235 e. The van der Waals surface area contributed by atoms with Crippen molar-refractivity contribution in [3.63, 3.8) is 0 Å². The Balaban J connectivity index is 0.000000110. The zero-order chi connectivity index (χ0) is 95.1. The van der Waals surface area contributed by atoms with Crippen LogP contribution in [0.2, 0.25) is 0 Å². The van der Waals surface area contributed by atoms with Crippen LogP contribution in [0.3, 0.4) is 0 Å². The van der Waals surface area contributed by atoms with E-state index in [1.54, 1.807) is 0 Å². The Hall–Kier alpha value is -18.0. The molecule has 0 unspecified atom stereocenters. The van der Waals surface area contributed by atoms with Gasteiger partial charge < -0.3 is 4.57 Å². The van der Waals surface area contributed by atoms with Gasteiger partial charge in [0.25, 0.3) is 0 Å². The van der Waals surface area contributed by atoms with Gasteiger partial charge in [-0.15, -0.1) is 0 Å². The number of aromatic nitrogens is 10. The fourth-order valence-corrected chi connectivity index (χ4v) is 22.8. The van der Waals surface area contributed by atoms with E-state index in [0.717, 1.165) is 100 Å². The fraction of sp³-hybridized carbons (Fsp3) is 0.0682. The minimum atomic E-state index is -0.0794. The molecule has 0 atom stereocenters. The quantitative estimate of drug-likeness (QED) is 0.120. The monoisotopic (exact) mass is 1820 g/mol. The van der Waals surface area contributed by atoms with Crippen LogP contribution in [0.5, 0.6) is 0 Å². The van der Waals surface area contributed by atoms with Crippen molar-refractivity contribution in [2.24, 2.45) is 0 Å². The van der Waals surface area contributed by atoms with Gasteiger partial charge in [0.1, 0.15) is 0 Å². The van der Waals surface area contributed by atoms with E-state index in [1.165, 1.54) is 132 Å². The van der Waals surface area contributed by atoms with E-state index in [-0.39, 0.29) is 16.2 Å². The molecule has 28 rings (SSSR count). The number of hydrogen-bond donors (Lipinski definition) is 0. The molecule has 0 bridgehead atoms. The molecule has 0 N–H and O–H groups in total. The van der Waals surface area contributed by atoms with Gasteiger partial charge in [-0.25, -0.2) is 34.9 Å². The third-order valence-corrected chi connectivity index (χ3v) is 29.7. The Labute approximate surface area is 823 Å². The Morgan fingerprint density at radius 3 is 0.972 bits per heavy atom. The summed E-state index contributed by atoms with van der Waals surface area (Å²) in [7, 11) is 0. The number of benzene rings is 19. The third kappa shape index (κ3) is 13.9. The molecule has 6 aromatic heterocycles. The summed E-state index contributed by atoms with van der Waals surface area (Å²) >= 11 is 0. The van der Waals surface area contributed by atoms with Crippen molar-refractivity contribution in [3.05, 3.63) is 494 Å². The van der Waals surface area contributed by atoms with Crippen molar-refractivity contribution in [1.29, 1.82) is 0 Å². The maximum atomic E-state index is 5.33. The summed E-state index contributed by atoms with van der Waals surface area (Å²) < 4.78 is 6.91. The van der Waals surface area contributed by atoms with Gasteiger partial charge in [0, 0.05) is 93.0 Å². The molecule has 0 spiro atoms. The molecular formula is C132H94N10. The summed E-state index contributed by atoms with van der Waals surface area (Å²) in [4.78, 5) is 36.3. The highest BCUT2D eigenvalue weighted by Gasteiger charge is 2.41. The van der Waals surface area contributed by atoms with Crippen LogP contribution in [0, 0.1) is 0 Å². The lowest BCUT2D eigenvalue weighted by atomic mass is 9.82. The highest BCUT2D eigenvalue weighted by molar-refractivity contribution is 6.21. The molecule has 0 fully saturated rings. The van der Waals surface area contributed by atoms with Gasteiger partial charge >= 0.3 is 0 Å². The summed E-state index contributed by atoms with van der Waals surface area (Å²) in [6.45, 7) is 14.0. The van der Waals surface area contributed by atoms with Crippen molar-refractivity contribution in [2.75, 3.05) is 0 Å². The minimum Gasteiger partial charge on any atom is -0.309 e. The second-order valence-electron chi connectivity index (χ2n) is 39.0. The van der Waals surface area contributed by atoms with Crippen LogP contribution in [0.4, 0.5) is 0 Å². The smallest absolute Gasteiger partial charge is 0.235 e. The van der Waals surface area contributed by atoms with Gasteiger partial charge in [0.05, 0.1) is 55.7 Å². The molecule has 0 amide bonds. The molecule has 0 aliphatic heterocycles. The van der Waals surface area contributed by atoms with Crippen LogP contribution in [-0.4, -0.2) is 48.6 Å². The van der Waals surface area contributed by atoms with Gasteiger partial charge in [-0.1, -0.05) is 436 Å². The van der Waals surface area contributed by atoms with E-state index in [4.69, 9.17) is 34.9 Å². The lowest BCUT2D eigenvalue weighted by Crippen LogP contribution is -2.14. The highest BCUT2D eigenvalue weighted by atomic mass is 15.2. The first kappa shape index (κ1) is 84.5. The molecule has 3 aliphatic carbocycles. The van der Waals surface area contributed by atoms with Gasteiger partial charge in [-0.3, -0.25) is 9.13 Å². The van der Waals surface area contributed by atoms with Gasteiger partial charge in [0.2, 0.25) is 11.9 Å². The molecule has 10 nitrogen and oxygen atoms in total. The van der Waals surface area contributed by atoms with Gasteiger partial charge in [0.15, 0.2) is 17.5 Å². The van der Waals surface area contributed by atoms with E-state index in [2.05, 4.69) is 474 Å². The zero-order valence-electron chi connectivity index (χ0n) is 79.4. The standard InChI is InChI=1S/C48H34N4.C43H31N3.C41H29N3/c1-48(2)39-22-11-9-20-37(39)43-40(48)28-29-42-44(43)38-21-10-12-23-41(38)52(42)36-19-13-18-35(30-36)47-50-45(33-16-7-4-8-17-33)49-46(51-47)34-26-24-32(25-27-34)31-14-5-3-6-15-31;1-43(2)34-22-11-9-20-32(34)40-35(43)24-25-39-41(40)33-21-10-12-23-38(33)46(39)42-44-36(29-16-7-4-8-17-29)27-37(45-42)31-19-13-18-30(26-31)28-14-5-3-6-15-28;1-41(2)32-17-9-6-14-29(32)37-33(41)24-25-36-38(37)31-16-8-11-19-35(31)44(36)40-42-34-18-10-7-15-30(34)39(43-40)28-22-20-27(21-23-28)26-12-4-3-5-13-26/h3-30H,1-2H3;3-27H,1-2H3;3-25H,1-2H3. The van der Waals surface area contributed by atoms with Crippen molar-refractivity contribution >= 4 is 76.3 Å². The van der Waals surface area contributed by atoms with Crippen molar-refractivity contribution in [2.45, 2.75) is 57.8 Å². The summed E-state index contributed by atoms with van der Waals surface area (Å²) in [5.74, 6) is 3.27. The first-order chi connectivity index (χ1) is 69.7. The predicted octanol–water partition coefficient (Wildman–Crippen LogP) is 33.2. The molecule has 25 aromatic rings. The molecule has 10 heteroatoms. The summed E-state index contributed by atoms with van der Waals surface area (Å²) in [6, 6.07) is 163. The van der Waals surface area contributed by atoms with Crippen LogP contribution in [0.1, 0.15) is 74.9 Å². The Kier molecular flexibility index (Phi) is 20.1. The number of rotatable bonds is 12. The van der Waals surface area contributed by atoms with Crippen molar-refractivity contribution in [3.8, 4) is 152 Å². The third-order valence-electron chi connectivity index (χ3n) is 29.7. The van der Waals surface area contributed by atoms with E-state index < -0.39 is 0 Å². The summed E-state index contributed by atoms with van der Waals surface area (Å²) in [5.41, 5.74) is 40.5. The molecule has 142 heavy (non-hydrogen) atoms. The molecule has 3 aliphatic rings. The number of hydrogen-bond acceptors (Lipinski definition) is 7. The Bertz CT molecular complexity index is 9340. The first-order valence-corrected chi connectivity index (χ1v) is 48.8. The average Bonchev–Trinajstić information content (AvgIpc) is 1.55. The Morgan fingerprint density at radius 1 is 0.183 bits per heavy atom. The van der Waals surface area contributed by atoms with E-state index in [1.807, 2.05) is 42.5 Å². The predicted molar refractivity (Wildman–Crippen MR) is 586 cm³/mol. The lowest BCUT2D eigenvalue weighted by molar-refractivity contribution is 0.660. The normalized spacial score (nSPS) is 13.2. The summed E-state index contributed by atoms with van der Waals surface area (Å²) in [6.07, 6.45) is 0. The van der Waals surface area contributed by atoms with E-state index in [9.17, 15) is 0 Å². The number of nitrogens with zero attached hydrogens (tertiary/aromatic N) is 10. The molecular weight excluding hydrogens is 1730 g/mol. The second kappa shape index (κ2) is 33.7. The molecule has 0 saturated heterocycles. The molecule has 0 saturated carbocycles. The Morgan fingerprint density at radius 2 is 0.500 bits per heavy atom. The van der Waals surface area contributed by atoms with Gasteiger partial charge in [-0.05, 0) is 167 Å². The molecule has 0 radical (unpaired) electrons. The van der Waals surface area contributed by atoms with Crippen LogP contribution in [0.25, 0.3) is 229 Å². The van der Waals surface area contributed by atoms with E-state index >= 15 is 0 Å². The largest absolute Gasteiger partial charge is 0.309 e. The molecule has 6 heterocycles. The van der Waals surface area contributed by atoms with Crippen LogP contribution >= 0.6 is 0 Å². The topological polar surface area (TPSA) is 105 Å². The first-order valence-electron chi connectivity index (χ1n) is 48.8. The van der Waals surface area contributed by atoms with Gasteiger partial charge in [-0.2, -0.15) is 0 Å².